The summed E-state index contributed by atoms with van der Waals surface area (Å²) in [6.07, 6.45) is 3.02. The summed E-state index contributed by atoms with van der Waals surface area (Å²) in [6.45, 7) is 4.06. The standard InChI is InChI=1S/C19H17BrN4O/c1-12-6-5-7-13(2)18(12)24-17-11-21-16(10-22-17)19(25)23-15-9-4-3-8-14(15)20/h3-11H,1-2H3,(H,22,24)(H,23,25). The van der Waals surface area contributed by atoms with Gasteiger partial charge in [0, 0.05) is 10.2 Å². The number of halogens is 1. The third kappa shape index (κ3) is 4.03. The van der Waals surface area contributed by atoms with Crippen LogP contribution in [-0.4, -0.2) is 15.9 Å². The zero-order chi connectivity index (χ0) is 17.8. The first kappa shape index (κ1) is 17.1. The fourth-order valence-corrected chi connectivity index (χ4v) is 2.78. The highest BCUT2D eigenvalue weighted by Crippen LogP contribution is 2.23. The van der Waals surface area contributed by atoms with Crippen LogP contribution in [0.3, 0.4) is 0 Å². The maximum absolute atomic E-state index is 12.3. The molecule has 1 amide bonds. The second-order valence-corrected chi connectivity index (χ2v) is 6.47. The Hall–Kier alpha value is -2.73. The van der Waals surface area contributed by atoms with Crippen LogP contribution >= 0.6 is 15.9 Å². The Morgan fingerprint density at radius 3 is 2.32 bits per heavy atom. The average Bonchev–Trinajstić information content (AvgIpc) is 2.61. The number of para-hydroxylation sites is 2. The molecule has 0 unspecified atom stereocenters. The van der Waals surface area contributed by atoms with E-state index in [-0.39, 0.29) is 11.6 Å². The Kier molecular flexibility index (Phi) is 5.09. The SMILES string of the molecule is Cc1cccc(C)c1Nc1cnc(C(=O)Nc2ccccc2Br)cn1. The minimum atomic E-state index is -0.307. The van der Waals surface area contributed by atoms with Crippen molar-refractivity contribution in [2.75, 3.05) is 10.6 Å². The van der Waals surface area contributed by atoms with E-state index in [1.54, 1.807) is 6.20 Å². The van der Waals surface area contributed by atoms with Crippen molar-refractivity contribution < 1.29 is 4.79 Å². The summed E-state index contributed by atoms with van der Waals surface area (Å²) in [7, 11) is 0. The zero-order valence-corrected chi connectivity index (χ0v) is 15.5. The molecule has 0 fully saturated rings. The summed E-state index contributed by atoms with van der Waals surface area (Å²) in [5, 5.41) is 6.06. The van der Waals surface area contributed by atoms with E-state index >= 15 is 0 Å². The van der Waals surface area contributed by atoms with Gasteiger partial charge in [0.15, 0.2) is 0 Å². The Morgan fingerprint density at radius 1 is 0.960 bits per heavy atom. The van der Waals surface area contributed by atoms with E-state index in [4.69, 9.17) is 0 Å². The molecule has 0 atom stereocenters. The monoisotopic (exact) mass is 396 g/mol. The molecule has 0 aliphatic rings. The highest BCUT2D eigenvalue weighted by atomic mass is 79.9. The quantitative estimate of drug-likeness (QED) is 0.661. The lowest BCUT2D eigenvalue weighted by Crippen LogP contribution is -2.14. The van der Waals surface area contributed by atoms with Crippen LogP contribution in [0.15, 0.2) is 59.3 Å². The molecule has 0 spiro atoms. The van der Waals surface area contributed by atoms with Crippen molar-refractivity contribution in [3.8, 4) is 0 Å². The van der Waals surface area contributed by atoms with Gasteiger partial charge in [-0.3, -0.25) is 4.79 Å². The van der Waals surface area contributed by atoms with Crippen LogP contribution in [0.2, 0.25) is 0 Å². The van der Waals surface area contributed by atoms with E-state index in [0.29, 0.717) is 11.5 Å². The molecule has 6 heteroatoms. The van der Waals surface area contributed by atoms with Gasteiger partial charge < -0.3 is 10.6 Å². The number of nitrogens with zero attached hydrogens (tertiary/aromatic N) is 2. The van der Waals surface area contributed by atoms with E-state index in [1.807, 2.05) is 56.3 Å². The highest BCUT2D eigenvalue weighted by Gasteiger charge is 2.11. The van der Waals surface area contributed by atoms with Gasteiger partial charge >= 0.3 is 0 Å². The Morgan fingerprint density at radius 2 is 1.68 bits per heavy atom. The van der Waals surface area contributed by atoms with Gasteiger partial charge in [-0.15, -0.1) is 0 Å². The number of hydrogen-bond acceptors (Lipinski definition) is 4. The number of anilines is 3. The van der Waals surface area contributed by atoms with Crippen LogP contribution in [-0.2, 0) is 0 Å². The summed E-state index contributed by atoms with van der Waals surface area (Å²) < 4.78 is 0.810. The Bertz CT molecular complexity index is 889. The topological polar surface area (TPSA) is 66.9 Å². The molecule has 5 nitrogen and oxygen atoms in total. The van der Waals surface area contributed by atoms with E-state index in [1.165, 1.54) is 6.20 Å². The molecular weight excluding hydrogens is 380 g/mol. The number of nitrogens with one attached hydrogen (secondary N) is 2. The smallest absolute Gasteiger partial charge is 0.275 e. The van der Waals surface area contributed by atoms with Gasteiger partial charge in [0.05, 0.1) is 18.1 Å². The minimum Gasteiger partial charge on any atom is -0.339 e. The second kappa shape index (κ2) is 7.44. The fraction of sp³-hybridized carbons (Fsp3) is 0.105. The van der Waals surface area contributed by atoms with Crippen molar-refractivity contribution in [1.29, 1.82) is 0 Å². The van der Waals surface area contributed by atoms with Crippen LogP contribution in [0.1, 0.15) is 21.6 Å². The number of benzene rings is 2. The zero-order valence-electron chi connectivity index (χ0n) is 13.9. The molecule has 0 saturated heterocycles. The minimum absolute atomic E-state index is 0.253. The summed E-state index contributed by atoms with van der Waals surface area (Å²) in [5.41, 5.74) is 4.19. The van der Waals surface area contributed by atoms with Crippen molar-refractivity contribution in [2.45, 2.75) is 13.8 Å². The first-order valence-corrected chi connectivity index (χ1v) is 8.55. The number of hydrogen-bond donors (Lipinski definition) is 2. The molecule has 0 aliphatic carbocycles. The van der Waals surface area contributed by atoms with Crippen LogP contribution in [0, 0.1) is 13.8 Å². The lowest BCUT2D eigenvalue weighted by molar-refractivity contribution is 0.102. The third-order valence-corrected chi connectivity index (χ3v) is 4.43. The molecule has 2 N–H and O–H groups in total. The number of aryl methyl sites for hydroxylation is 2. The molecule has 1 aromatic heterocycles. The van der Waals surface area contributed by atoms with Gasteiger partial charge in [0.2, 0.25) is 0 Å². The number of carbonyl (C=O) groups excluding carboxylic acids is 1. The van der Waals surface area contributed by atoms with Crippen molar-refractivity contribution >= 4 is 39.0 Å². The molecule has 3 aromatic rings. The fourth-order valence-electron chi connectivity index (χ4n) is 2.40. The van der Waals surface area contributed by atoms with Crippen LogP contribution in [0.4, 0.5) is 17.2 Å². The number of rotatable bonds is 4. The molecule has 0 aliphatic heterocycles. The molecule has 0 radical (unpaired) electrons. The first-order valence-electron chi connectivity index (χ1n) is 7.76. The van der Waals surface area contributed by atoms with Crippen molar-refractivity contribution in [2.24, 2.45) is 0 Å². The molecule has 25 heavy (non-hydrogen) atoms. The maximum Gasteiger partial charge on any atom is 0.275 e. The lowest BCUT2D eigenvalue weighted by Gasteiger charge is -2.12. The second-order valence-electron chi connectivity index (χ2n) is 5.61. The molecule has 0 saturated carbocycles. The van der Waals surface area contributed by atoms with Gasteiger partial charge in [0.1, 0.15) is 11.5 Å². The molecule has 1 heterocycles. The Balaban J connectivity index is 1.74. The van der Waals surface area contributed by atoms with Gasteiger partial charge in [0.25, 0.3) is 5.91 Å². The predicted molar refractivity (Wildman–Crippen MR) is 103 cm³/mol. The number of amides is 1. The molecular formula is C19H17BrN4O. The summed E-state index contributed by atoms with van der Waals surface area (Å²) in [4.78, 5) is 20.8. The average molecular weight is 397 g/mol. The van der Waals surface area contributed by atoms with E-state index in [9.17, 15) is 4.79 Å². The van der Waals surface area contributed by atoms with Crippen molar-refractivity contribution in [3.63, 3.8) is 0 Å². The third-order valence-electron chi connectivity index (χ3n) is 3.74. The first-order chi connectivity index (χ1) is 12.0. The lowest BCUT2D eigenvalue weighted by atomic mass is 10.1. The number of aromatic nitrogens is 2. The molecule has 3 rings (SSSR count). The largest absolute Gasteiger partial charge is 0.339 e. The van der Waals surface area contributed by atoms with Crippen LogP contribution < -0.4 is 10.6 Å². The molecule has 0 bridgehead atoms. The van der Waals surface area contributed by atoms with Gasteiger partial charge in [-0.2, -0.15) is 0 Å². The van der Waals surface area contributed by atoms with Gasteiger partial charge in [-0.25, -0.2) is 9.97 Å². The van der Waals surface area contributed by atoms with Crippen molar-refractivity contribution in [3.05, 3.63) is 76.2 Å². The van der Waals surface area contributed by atoms with Gasteiger partial charge in [-0.05, 0) is 53.0 Å². The van der Waals surface area contributed by atoms with E-state index in [0.717, 1.165) is 21.3 Å². The van der Waals surface area contributed by atoms with E-state index in [2.05, 4.69) is 36.5 Å². The maximum atomic E-state index is 12.3. The van der Waals surface area contributed by atoms with Crippen molar-refractivity contribution in [1.82, 2.24) is 9.97 Å². The summed E-state index contributed by atoms with van der Waals surface area (Å²) in [6, 6.07) is 13.5. The molecule has 2 aromatic carbocycles. The highest BCUT2D eigenvalue weighted by molar-refractivity contribution is 9.10. The van der Waals surface area contributed by atoms with Crippen LogP contribution in [0.25, 0.3) is 0 Å². The normalized spacial score (nSPS) is 10.4. The molecule has 126 valence electrons. The van der Waals surface area contributed by atoms with E-state index < -0.39 is 0 Å². The Labute approximate surface area is 154 Å². The predicted octanol–water partition coefficient (Wildman–Crippen LogP) is 4.85. The summed E-state index contributed by atoms with van der Waals surface area (Å²) >= 11 is 3.40. The van der Waals surface area contributed by atoms with Gasteiger partial charge in [-0.1, -0.05) is 30.3 Å². The van der Waals surface area contributed by atoms with Crippen LogP contribution in [0.5, 0.6) is 0 Å². The number of carbonyl (C=O) groups is 1. The summed E-state index contributed by atoms with van der Waals surface area (Å²) in [5.74, 6) is 0.285.